The molecule has 2 heterocycles. The Morgan fingerprint density at radius 2 is 1.85 bits per heavy atom. The lowest BCUT2D eigenvalue weighted by Gasteiger charge is -2.19. The lowest BCUT2D eigenvalue weighted by atomic mass is 10.1. The fourth-order valence-electron chi connectivity index (χ4n) is 3.01. The van der Waals surface area contributed by atoms with Crippen LogP contribution in [0, 0.1) is 13.8 Å². The van der Waals surface area contributed by atoms with E-state index in [1.165, 1.54) is 24.0 Å². The second-order valence-electron chi connectivity index (χ2n) is 5.98. The van der Waals surface area contributed by atoms with E-state index in [0.29, 0.717) is 6.54 Å². The summed E-state index contributed by atoms with van der Waals surface area (Å²) in [5.41, 5.74) is 4.67. The van der Waals surface area contributed by atoms with Crippen LogP contribution in [0.25, 0.3) is 11.0 Å². The molecule has 4 heteroatoms. The van der Waals surface area contributed by atoms with Crippen molar-refractivity contribution in [1.29, 1.82) is 0 Å². The Balaban J connectivity index is 1.75. The SMILES string of the molecule is Cc1cc2ncn(CC(O)CN3CCCC3)c2cc1C. The van der Waals surface area contributed by atoms with E-state index in [-0.39, 0.29) is 6.10 Å². The average molecular weight is 273 g/mol. The Morgan fingerprint density at radius 1 is 1.15 bits per heavy atom. The molecule has 1 saturated heterocycles. The van der Waals surface area contributed by atoms with Gasteiger partial charge in [-0.05, 0) is 63.0 Å². The molecule has 1 aromatic heterocycles. The summed E-state index contributed by atoms with van der Waals surface area (Å²) in [5, 5.41) is 10.3. The van der Waals surface area contributed by atoms with Gasteiger partial charge in [0.05, 0.1) is 30.0 Å². The summed E-state index contributed by atoms with van der Waals surface area (Å²) < 4.78 is 2.07. The zero-order valence-corrected chi connectivity index (χ0v) is 12.3. The molecule has 0 aliphatic carbocycles. The number of nitrogens with zero attached hydrogens (tertiary/aromatic N) is 3. The molecule has 0 spiro atoms. The van der Waals surface area contributed by atoms with Gasteiger partial charge in [0.2, 0.25) is 0 Å². The van der Waals surface area contributed by atoms with Gasteiger partial charge in [-0.2, -0.15) is 0 Å². The average Bonchev–Trinajstić information content (AvgIpc) is 3.02. The van der Waals surface area contributed by atoms with Gasteiger partial charge in [0.25, 0.3) is 0 Å². The standard InChI is InChI=1S/C16H23N3O/c1-12-7-15-16(8-13(12)2)19(11-17-15)10-14(20)9-18-5-3-4-6-18/h7-8,11,14,20H,3-6,9-10H2,1-2H3. The molecule has 0 amide bonds. The van der Waals surface area contributed by atoms with E-state index in [1.54, 1.807) is 0 Å². The van der Waals surface area contributed by atoms with Crippen molar-refractivity contribution in [1.82, 2.24) is 14.5 Å². The normalized spacial score (nSPS) is 17.9. The molecule has 0 radical (unpaired) electrons. The van der Waals surface area contributed by atoms with E-state index >= 15 is 0 Å². The maximum absolute atomic E-state index is 10.3. The first-order valence-electron chi connectivity index (χ1n) is 7.46. The van der Waals surface area contributed by atoms with Gasteiger partial charge in [-0.25, -0.2) is 4.98 Å². The number of fused-ring (bicyclic) bond motifs is 1. The molecule has 1 unspecified atom stereocenters. The number of aryl methyl sites for hydroxylation is 2. The molecule has 3 rings (SSSR count). The number of imidazole rings is 1. The minimum atomic E-state index is -0.327. The predicted molar refractivity (Wildman–Crippen MR) is 80.9 cm³/mol. The number of aliphatic hydroxyl groups is 1. The smallest absolute Gasteiger partial charge is 0.0959 e. The van der Waals surface area contributed by atoms with Gasteiger partial charge in [-0.15, -0.1) is 0 Å². The largest absolute Gasteiger partial charge is 0.390 e. The summed E-state index contributed by atoms with van der Waals surface area (Å²) in [6.45, 7) is 7.86. The Hall–Kier alpha value is -1.39. The summed E-state index contributed by atoms with van der Waals surface area (Å²) >= 11 is 0. The van der Waals surface area contributed by atoms with Crippen LogP contribution in [0.3, 0.4) is 0 Å². The Morgan fingerprint density at radius 3 is 2.60 bits per heavy atom. The third kappa shape index (κ3) is 2.72. The monoisotopic (exact) mass is 273 g/mol. The highest BCUT2D eigenvalue weighted by Gasteiger charge is 2.16. The molecule has 1 aliphatic heterocycles. The molecule has 20 heavy (non-hydrogen) atoms. The predicted octanol–water partition coefficient (Wildman–Crippen LogP) is 2.11. The van der Waals surface area contributed by atoms with Gasteiger partial charge in [0.15, 0.2) is 0 Å². The highest BCUT2D eigenvalue weighted by Crippen LogP contribution is 2.19. The van der Waals surface area contributed by atoms with Crippen LogP contribution in [-0.2, 0) is 6.54 Å². The van der Waals surface area contributed by atoms with Gasteiger partial charge in [0.1, 0.15) is 0 Å². The van der Waals surface area contributed by atoms with Crippen LogP contribution in [0.1, 0.15) is 24.0 Å². The van der Waals surface area contributed by atoms with E-state index in [0.717, 1.165) is 30.7 Å². The van der Waals surface area contributed by atoms with Crippen molar-refractivity contribution in [2.24, 2.45) is 0 Å². The minimum Gasteiger partial charge on any atom is -0.390 e. The second kappa shape index (κ2) is 5.54. The first-order chi connectivity index (χ1) is 9.63. The van der Waals surface area contributed by atoms with Crippen LogP contribution >= 0.6 is 0 Å². The van der Waals surface area contributed by atoms with Crippen molar-refractivity contribution in [3.8, 4) is 0 Å². The fraction of sp³-hybridized carbons (Fsp3) is 0.562. The Bertz CT molecular complexity index is 599. The van der Waals surface area contributed by atoms with Gasteiger partial charge >= 0.3 is 0 Å². The number of hydrogen-bond acceptors (Lipinski definition) is 3. The molecular weight excluding hydrogens is 250 g/mol. The van der Waals surface area contributed by atoms with Gasteiger partial charge in [-0.1, -0.05) is 0 Å². The molecule has 4 nitrogen and oxygen atoms in total. The van der Waals surface area contributed by atoms with E-state index in [1.807, 2.05) is 6.33 Å². The summed E-state index contributed by atoms with van der Waals surface area (Å²) in [4.78, 5) is 6.79. The van der Waals surface area contributed by atoms with Crippen LogP contribution < -0.4 is 0 Å². The molecular formula is C16H23N3O. The number of likely N-dealkylation sites (tertiary alicyclic amines) is 1. The molecule has 1 N–H and O–H groups in total. The highest BCUT2D eigenvalue weighted by atomic mass is 16.3. The van der Waals surface area contributed by atoms with Crippen LogP contribution in [0.4, 0.5) is 0 Å². The molecule has 0 bridgehead atoms. The number of β-amino-alcohol motifs (C(OH)–C–C–N with tert-alkyl or cyclic N) is 1. The third-order valence-corrected chi connectivity index (χ3v) is 4.31. The lowest BCUT2D eigenvalue weighted by molar-refractivity contribution is 0.110. The fourth-order valence-corrected chi connectivity index (χ4v) is 3.01. The van der Waals surface area contributed by atoms with Crippen LogP contribution in [0.5, 0.6) is 0 Å². The first-order valence-corrected chi connectivity index (χ1v) is 7.46. The van der Waals surface area contributed by atoms with Crippen molar-refractivity contribution in [2.75, 3.05) is 19.6 Å². The molecule has 1 atom stereocenters. The van der Waals surface area contributed by atoms with Crippen molar-refractivity contribution in [3.05, 3.63) is 29.6 Å². The van der Waals surface area contributed by atoms with Crippen LogP contribution in [0.2, 0.25) is 0 Å². The summed E-state index contributed by atoms with van der Waals surface area (Å²) in [6, 6.07) is 4.29. The summed E-state index contributed by atoms with van der Waals surface area (Å²) in [5.74, 6) is 0. The van der Waals surface area contributed by atoms with E-state index < -0.39 is 0 Å². The van der Waals surface area contributed by atoms with Crippen molar-refractivity contribution in [2.45, 2.75) is 39.3 Å². The first kappa shape index (κ1) is 13.6. The lowest BCUT2D eigenvalue weighted by Crippen LogP contribution is -2.32. The third-order valence-electron chi connectivity index (χ3n) is 4.31. The Kier molecular flexibility index (Phi) is 3.76. The highest BCUT2D eigenvalue weighted by molar-refractivity contribution is 5.77. The van der Waals surface area contributed by atoms with Crippen molar-refractivity contribution < 1.29 is 5.11 Å². The Labute approximate surface area is 120 Å². The van der Waals surface area contributed by atoms with Crippen LogP contribution in [-0.4, -0.2) is 45.3 Å². The second-order valence-corrected chi connectivity index (χ2v) is 5.98. The number of benzene rings is 1. The summed E-state index contributed by atoms with van der Waals surface area (Å²) in [6.07, 6.45) is 4.04. The molecule has 1 aliphatic rings. The van der Waals surface area contributed by atoms with Crippen molar-refractivity contribution in [3.63, 3.8) is 0 Å². The topological polar surface area (TPSA) is 41.3 Å². The minimum absolute atomic E-state index is 0.327. The van der Waals surface area contributed by atoms with Crippen molar-refractivity contribution >= 4 is 11.0 Å². The number of aromatic nitrogens is 2. The number of hydrogen-bond donors (Lipinski definition) is 1. The molecule has 0 saturated carbocycles. The zero-order valence-electron chi connectivity index (χ0n) is 12.3. The maximum atomic E-state index is 10.3. The van der Waals surface area contributed by atoms with Gasteiger partial charge in [0, 0.05) is 6.54 Å². The van der Waals surface area contributed by atoms with Gasteiger partial charge < -0.3 is 14.6 Å². The van der Waals surface area contributed by atoms with E-state index in [4.69, 9.17) is 0 Å². The van der Waals surface area contributed by atoms with E-state index in [2.05, 4.69) is 40.4 Å². The summed E-state index contributed by atoms with van der Waals surface area (Å²) in [7, 11) is 0. The molecule has 2 aromatic rings. The molecule has 1 aromatic carbocycles. The molecule has 108 valence electrons. The van der Waals surface area contributed by atoms with Crippen LogP contribution in [0.15, 0.2) is 18.5 Å². The number of rotatable bonds is 4. The maximum Gasteiger partial charge on any atom is 0.0959 e. The van der Waals surface area contributed by atoms with E-state index in [9.17, 15) is 5.11 Å². The molecule has 1 fully saturated rings. The number of aliphatic hydroxyl groups excluding tert-OH is 1. The zero-order chi connectivity index (χ0) is 14.1. The quantitative estimate of drug-likeness (QED) is 0.927. The van der Waals surface area contributed by atoms with Gasteiger partial charge in [-0.3, -0.25) is 0 Å².